The summed E-state index contributed by atoms with van der Waals surface area (Å²) in [5.41, 5.74) is 3.42. The second kappa shape index (κ2) is 8.15. The van der Waals surface area contributed by atoms with E-state index in [0.29, 0.717) is 6.61 Å². The van der Waals surface area contributed by atoms with Crippen LogP contribution in [0.4, 0.5) is 0 Å². The van der Waals surface area contributed by atoms with E-state index >= 15 is 0 Å². The van der Waals surface area contributed by atoms with Crippen molar-refractivity contribution in [2.75, 3.05) is 20.8 Å². The third-order valence-corrected chi connectivity index (χ3v) is 3.53. The van der Waals surface area contributed by atoms with E-state index in [0.717, 1.165) is 33.9 Å². The molecule has 0 saturated heterocycles. The number of hydrogen-bond donors (Lipinski definition) is 0. The van der Waals surface area contributed by atoms with Crippen molar-refractivity contribution in [1.29, 1.82) is 0 Å². The number of nitrogens with zero attached hydrogens (tertiary/aromatic N) is 1. The Kier molecular flexibility index (Phi) is 5.95. The van der Waals surface area contributed by atoms with Gasteiger partial charge in [-0.3, -0.25) is 4.98 Å². The van der Waals surface area contributed by atoms with Gasteiger partial charge in [0, 0.05) is 23.4 Å². The van der Waals surface area contributed by atoms with Crippen LogP contribution in [-0.2, 0) is 9.53 Å². The SMILES string of the molecule is CCOC(=O)/C=C/c1ccnc(-c2cc(OC)c(C)c(OC)c2)c1. The molecule has 24 heavy (non-hydrogen) atoms. The highest BCUT2D eigenvalue weighted by Crippen LogP contribution is 2.33. The largest absolute Gasteiger partial charge is 0.496 e. The van der Waals surface area contributed by atoms with E-state index in [9.17, 15) is 4.79 Å². The third kappa shape index (κ3) is 4.13. The fourth-order valence-electron chi connectivity index (χ4n) is 2.30. The maximum absolute atomic E-state index is 11.4. The van der Waals surface area contributed by atoms with Crippen LogP contribution < -0.4 is 9.47 Å². The second-order valence-corrected chi connectivity index (χ2v) is 5.07. The molecule has 0 unspecified atom stereocenters. The van der Waals surface area contributed by atoms with Gasteiger partial charge in [-0.05, 0) is 49.8 Å². The minimum atomic E-state index is -0.366. The van der Waals surface area contributed by atoms with Gasteiger partial charge < -0.3 is 14.2 Å². The average molecular weight is 327 g/mol. The highest BCUT2D eigenvalue weighted by molar-refractivity contribution is 5.87. The van der Waals surface area contributed by atoms with Gasteiger partial charge in [-0.1, -0.05) is 0 Å². The van der Waals surface area contributed by atoms with Gasteiger partial charge in [0.25, 0.3) is 0 Å². The minimum Gasteiger partial charge on any atom is -0.496 e. The van der Waals surface area contributed by atoms with Crippen molar-refractivity contribution < 1.29 is 19.0 Å². The van der Waals surface area contributed by atoms with Crippen molar-refractivity contribution in [3.05, 3.63) is 47.7 Å². The molecule has 2 rings (SSSR count). The van der Waals surface area contributed by atoms with Crippen molar-refractivity contribution in [3.8, 4) is 22.8 Å². The summed E-state index contributed by atoms with van der Waals surface area (Å²) in [5.74, 6) is 1.10. The molecule has 2 aromatic rings. The number of rotatable bonds is 6. The first-order valence-corrected chi connectivity index (χ1v) is 7.63. The van der Waals surface area contributed by atoms with Crippen LogP contribution in [0.5, 0.6) is 11.5 Å². The molecule has 1 aromatic carbocycles. The zero-order chi connectivity index (χ0) is 17.5. The molecule has 1 heterocycles. The van der Waals surface area contributed by atoms with E-state index in [1.807, 2.05) is 31.2 Å². The maximum atomic E-state index is 11.4. The van der Waals surface area contributed by atoms with Gasteiger partial charge in [0.1, 0.15) is 11.5 Å². The van der Waals surface area contributed by atoms with Gasteiger partial charge >= 0.3 is 5.97 Å². The van der Waals surface area contributed by atoms with Crippen LogP contribution >= 0.6 is 0 Å². The van der Waals surface area contributed by atoms with E-state index in [-0.39, 0.29) is 5.97 Å². The van der Waals surface area contributed by atoms with Crippen molar-refractivity contribution in [2.45, 2.75) is 13.8 Å². The summed E-state index contributed by atoms with van der Waals surface area (Å²) < 4.78 is 15.7. The first-order chi connectivity index (χ1) is 11.6. The smallest absolute Gasteiger partial charge is 0.330 e. The quantitative estimate of drug-likeness (QED) is 0.599. The van der Waals surface area contributed by atoms with Crippen molar-refractivity contribution >= 4 is 12.0 Å². The Morgan fingerprint density at radius 2 is 1.83 bits per heavy atom. The fraction of sp³-hybridized carbons (Fsp3) is 0.263. The summed E-state index contributed by atoms with van der Waals surface area (Å²) in [6.07, 6.45) is 4.80. The molecule has 5 heteroatoms. The van der Waals surface area contributed by atoms with E-state index in [4.69, 9.17) is 14.2 Å². The lowest BCUT2D eigenvalue weighted by Crippen LogP contribution is -1.98. The molecule has 5 nitrogen and oxygen atoms in total. The number of carbonyl (C=O) groups is 1. The van der Waals surface area contributed by atoms with Crippen molar-refractivity contribution in [2.24, 2.45) is 0 Å². The standard InChI is InChI=1S/C19H21NO4/c1-5-24-19(21)7-6-14-8-9-20-16(10-14)15-11-17(22-3)13(2)18(12-15)23-4/h6-12H,5H2,1-4H3/b7-6+. The summed E-state index contributed by atoms with van der Waals surface area (Å²) in [4.78, 5) is 15.8. The predicted octanol–water partition coefficient (Wildman–Crippen LogP) is 3.65. The van der Waals surface area contributed by atoms with Gasteiger partial charge in [0.05, 0.1) is 26.5 Å². The average Bonchev–Trinajstić information content (AvgIpc) is 2.60. The number of hydrogen-bond acceptors (Lipinski definition) is 5. The van der Waals surface area contributed by atoms with Crippen LogP contribution in [-0.4, -0.2) is 31.8 Å². The maximum Gasteiger partial charge on any atom is 0.330 e. The molecule has 126 valence electrons. The summed E-state index contributed by atoms with van der Waals surface area (Å²) in [5, 5.41) is 0. The van der Waals surface area contributed by atoms with E-state index < -0.39 is 0 Å². The van der Waals surface area contributed by atoms with E-state index in [2.05, 4.69) is 4.98 Å². The molecular weight excluding hydrogens is 306 g/mol. The molecule has 0 aliphatic carbocycles. The highest BCUT2D eigenvalue weighted by atomic mass is 16.5. The molecule has 0 spiro atoms. The topological polar surface area (TPSA) is 57.7 Å². The van der Waals surface area contributed by atoms with Crippen LogP contribution in [0.25, 0.3) is 17.3 Å². The third-order valence-electron chi connectivity index (χ3n) is 3.53. The lowest BCUT2D eigenvalue weighted by Gasteiger charge is -2.12. The molecule has 0 bridgehead atoms. The first kappa shape index (κ1) is 17.5. The molecule has 0 aliphatic rings. The zero-order valence-electron chi connectivity index (χ0n) is 14.3. The molecule has 0 N–H and O–H groups in total. The normalized spacial score (nSPS) is 10.7. The molecule has 0 atom stereocenters. The van der Waals surface area contributed by atoms with Crippen LogP contribution in [0.3, 0.4) is 0 Å². The minimum absolute atomic E-state index is 0.355. The number of ether oxygens (including phenoxy) is 3. The van der Waals surface area contributed by atoms with Gasteiger partial charge in [-0.25, -0.2) is 4.79 Å². The van der Waals surface area contributed by atoms with Gasteiger partial charge in [-0.2, -0.15) is 0 Å². The van der Waals surface area contributed by atoms with Gasteiger partial charge in [0.15, 0.2) is 0 Å². The molecule has 0 saturated carbocycles. The molecular formula is C19H21NO4. The predicted molar refractivity (Wildman–Crippen MR) is 93.2 cm³/mol. The monoisotopic (exact) mass is 327 g/mol. The summed E-state index contributed by atoms with van der Waals surface area (Å²) in [7, 11) is 3.25. The number of aromatic nitrogens is 1. The van der Waals surface area contributed by atoms with E-state index in [1.54, 1.807) is 33.4 Å². The summed E-state index contributed by atoms with van der Waals surface area (Å²) in [6.45, 7) is 4.07. The van der Waals surface area contributed by atoms with Gasteiger partial charge in [-0.15, -0.1) is 0 Å². The molecule has 1 aromatic heterocycles. The van der Waals surface area contributed by atoms with Crippen LogP contribution in [0.15, 0.2) is 36.5 Å². The lowest BCUT2D eigenvalue weighted by atomic mass is 10.0. The number of pyridine rings is 1. The van der Waals surface area contributed by atoms with Crippen LogP contribution in [0.2, 0.25) is 0 Å². The fourth-order valence-corrected chi connectivity index (χ4v) is 2.30. The second-order valence-electron chi connectivity index (χ2n) is 5.07. The number of methoxy groups -OCH3 is 2. The molecule has 0 amide bonds. The lowest BCUT2D eigenvalue weighted by molar-refractivity contribution is -0.137. The first-order valence-electron chi connectivity index (χ1n) is 7.63. The Labute approximate surface area is 141 Å². The summed E-state index contributed by atoms with van der Waals surface area (Å²) in [6, 6.07) is 7.54. The summed E-state index contributed by atoms with van der Waals surface area (Å²) >= 11 is 0. The van der Waals surface area contributed by atoms with Gasteiger partial charge in [0.2, 0.25) is 0 Å². The molecule has 0 aliphatic heterocycles. The Morgan fingerprint density at radius 1 is 1.17 bits per heavy atom. The number of carbonyl (C=O) groups excluding carboxylic acids is 1. The van der Waals surface area contributed by atoms with E-state index in [1.165, 1.54) is 6.08 Å². The number of esters is 1. The Hall–Kier alpha value is -2.82. The Balaban J connectivity index is 2.36. The molecule has 0 radical (unpaired) electrons. The highest BCUT2D eigenvalue weighted by Gasteiger charge is 2.10. The molecule has 0 fully saturated rings. The Morgan fingerprint density at radius 3 is 2.42 bits per heavy atom. The van der Waals surface area contributed by atoms with Crippen LogP contribution in [0.1, 0.15) is 18.1 Å². The Bertz CT molecular complexity index is 728. The van der Waals surface area contributed by atoms with Crippen molar-refractivity contribution in [1.82, 2.24) is 4.98 Å². The van der Waals surface area contributed by atoms with Crippen LogP contribution in [0, 0.1) is 6.92 Å². The number of benzene rings is 1. The zero-order valence-corrected chi connectivity index (χ0v) is 14.3. The van der Waals surface area contributed by atoms with Crippen molar-refractivity contribution in [3.63, 3.8) is 0 Å².